The summed E-state index contributed by atoms with van der Waals surface area (Å²) < 4.78 is 0.992. The van der Waals surface area contributed by atoms with Gasteiger partial charge in [0.25, 0.3) is 11.8 Å². The summed E-state index contributed by atoms with van der Waals surface area (Å²) in [5.41, 5.74) is 5.18. The number of allylic oxidation sites excluding steroid dienone is 1. The molecule has 0 saturated carbocycles. The van der Waals surface area contributed by atoms with Crippen molar-refractivity contribution in [2.75, 3.05) is 20.1 Å². The fourth-order valence-electron chi connectivity index (χ4n) is 7.19. The third-order valence-electron chi connectivity index (χ3n) is 9.21. The van der Waals surface area contributed by atoms with Crippen LogP contribution >= 0.6 is 15.9 Å². The van der Waals surface area contributed by atoms with E-state index in [0.717, 1.165) is 39.0 Å². The van der Waals surface area contributed by atoms with Gasteiger partial charge in [0.1, 0.15) is 17.8 Å². The van der Waals surface area contributed by atoms with E-state index in [0.29, 0.717) is 31.5 Å². The Bertz CT molecular complexity index is 1570. The first-order valence-corrected chi connectivity index (χ1v) is 15.6. The smallest absolute Gasteiger partial charge is 0.277 e. The Balaban J connectivity index is 1.30. The van der Waals surface area contributed by atoms with Gasteiger partial charge in [-0.3, -0.25) is 29.0 Å². The zero-order valence-corrected chi connectivity index (χ0v) is 26.4. The molecule has 0 spiro atoms. The van der Waals surface area contributed by atoms with Gasteiger partial charge in [-0.1, -0.05) is 32.1 Å². The third kappa shape index (κ3) is 4.63. The summed E-state index contributed by atoms with van der Waals surface area (Å²) in [5, 5.41) is 4.08. The quantitative estimate of drug-likeness (QED) is 0.484. The van der Waals surface area contributed by atoms with E-state index in [9.17, 15) is 19.2 Å². The Morgan fingerprint density at radius 3 is 2.62 bits per heavy atom. The Morgan fingerprint density at radius 1 is 1.14 bits per heavy atom. The first kappa shape index (κ1) is 28.9. The molecule has 4 atom stereocenters. The second kappa shape index (κ2) is 10.8. The SMILES string of the molecule is CC(C)=C(NC(=O)[C@@H]1C=C2c3cccc4[nH]c(Br)c(c34)C[C@H]2N(C)C1)C(=O)N1C(=O)[C@@H]2CCCN2C(=O)[C@@H]1CC(C)C. The molecule has 1 aliphatic carbocycles. The summed E-state index contributed by atoms with van der Waals surface area (Å²) in [6.07, 6.45) is 4.54. The molecule has 9 nitrogen and oxygen atoms in total. The standard InChI is InChI=1S/C32H38BrN5O4/c1-16(2)12-25-30(40)37-11-7-10-23(37)31(41)38(25)32(42)27(17(3)4)35-29(39)18-13-20-19-8-6-9-22-26(19)21(28(33)34-22)14-24(20)36(5)15-18/h6,8-9,13,16,18,23-25,34H,7,10-12,14-15H2,1-5H3,(H,35,39)/t18-,23+,24-,25+/m1/s1. The summed E-state index contributed by atoms with van der Waals surface area (Å²) >= 11 is 3.69. The number of nitrogens with one attached hydrogen (secondary N) is 2. The van der Waals surface area contributed by atoms with Crippen molar-refractivity contribution in [2.24, 2.45) is 11.8 Å². The molecule has 6 rings (SSSR count). The van der Waals surface area contributed by atoms with Crippen molar-refractivity contribution >= 4 is 56.0 Å². The summed E-state index contributed by atoms with van der Waals surface area (Å²) in [5.74, 6) is -1.82. The number of likely N-dealkylation sites (N-methyl/N-ethyl adjacent to an activating group) is 1. The molecule has 3 aliphatic heterocycles. The minimum Gasteiger partial charge on any atom is -0.349 e. The van der Waals surface area contributed by atoms with Crippen molar-refractivity contribution in [3.05, 3.63) is 51.3 Å². The zero-order valence-electron chi connectivity index (χ0n) is 24.8. The first-order valence-electron chi connectivity index (χ1n) is 14.9. The molecule has 42 heavy (non-hydrogen) atoms. The molecule has 1 aromatic heterocycles. The molecule has 2 N–H and O–H groups in total. The fourth-order valence-corrected chi connectivity index (χ4v) is 7.76. The highest BCUT2D eigenvalue weighted by Gasteiger charge is 2.51. The van der Waals surface area contributed by atoms with Crippen molar-refractivity contribution < 1.29 is 19.2 Å². The lowest BCUT2D eigenvalue weighted by Gasteiger charge is -2.42. The Morgan fingerprint density at radius 2 is 1.90 bits per heavy atom. The van der Waals surface area contributed by atoms with Gasteiger partial charge in [-0.2, -0.15) is 0 Å². The number of benzene rings is 1. The number of piperazine rings is 1. The summed E-state index contributed by atoms with van der Waals surface area (Å²) in [7, 11) is 2.03. The summed E-state index contributed by atoms with van der Waals surface area (Å²) in [4.78, 5) is 63.4. The van der Waals surface area contributed by atoms with Gasteiger partial charge in [0.2, 0.25) is 11.8 Å². The second-order valence-corrected chi connectivity index (χ2v) is 13.5. The maximum absolute atomic E-state index is 14.1. The number of carbonyl (C=O) groups excluding carboxylic acids is 4. The average molecular weight is 637 g/mol. The lowest BCUT2D eigenvalue weighted by Crippen LogP contribution is -2.65. The molecule has 4 amide bonds. The van der Waals surface area contributed by atoms with Crippen LogP contribution in [0.2, 0.25) is 0 Å². The number of hydrogen-bond acceptors (Lipinski definition) is 5. The van der Waals surface area contributed by atoms with E-state index in [-0.39, 0.29) is 35.4 Å². The monoisotopic (exact) mass is 635 g/mol. The molecule has 2 fully saturated rings. The van der Waals surface area contributed by atoms with Gasteiger partial charge >= 0.3 is 0 Å². The predicted octanol–water partition coefficient (Wildman–Crippen LogP) is 3.98. The highest BCUT2D eigenvalue weighted by Crippen LogP contribution is 2.43. The van der Waals surface area contributed by atoms with Crippen LogP contribution in [0.4, 0.5) is 0 Å². The Kier molecular flexibility index (Phi) is 7.42. The number of fused-ring (bicyclic) bond motifs is 3. The molecule has 2 saturated heterocycles. The number of imide groups is 1. The number of halogens is 1. The minimum atomic E-state index is -0.869. The van der Waals surface area contributed by atoms with Gasteiger partial charge in [0.15, 0.2) is 0 Å². The van der Waals surface area contributed by atoms with E-state index in [1.807, 2.05) is 33.0 Å². The van der Waals surface area contributed by atoms with E-state index in [4.69, 9.17) is 0 Å². The molecule has 0 unspecified atom stereocenters. The number of carbonyl (C=O) groups is 4. The molecule has 4 heterocycles. The molecule has 2 aromatic rings. The van der Waals surface area contributed by atoms with E-state index in [1.165, 1.54) is 10.9 Å². The highest BCUT2D eigenvalue weighted by molar-refractivity contribution is 9.10. The Labute approximate surface area is 254 Å². The van der Waals surface area contributed by atoms with Gasteiger partial charge in [-0.05, 0) is 96.8 Å². The second-order valence-electron chi connectivity index (χ2n) is 12.7. The normalized spacial score (nSPS) is 25.5. The lowest BCUT2D eigenvalue weighted by molar-refractivity contribution is -0.165. The van der Waals surface area contributed by atoms with Crippen molar-refractivity contribution in [3.63, 3.8) is 0 Å². The molecule has 0 bridgehead atoms. The van der Waals surface area contributed by atoms with Crippen LogP contribution in [-0.4, -0.2) is 81.6 Å². The van der Waals surface area contributed by atoms with Gasteiger partial charge in [-0.15, -0.1) is 0 Å². The Hall–Kier alpha value is -3.24. The summed E-state index contributed by atoms with van der Waals surface area (Å²) in [6.45, 7) is 8.47. The van der Waals surface area contributed by atoms with Crippen LogP contribution in [0.5, 0.6) is 0 Å². The number of hydrogen-bond donors (Lipinski definition) is 2. The van der Waals surface area contributed by atoms with Crippen molar-refractivity contribution in [3.8, 4) is 0 Å². The van der Waals surface area contributed by atoms with Crippen LogP contribution in [0.25, 0.3) is 16.5 Å². The van der Waals surface area contributed by atoms with Crippen LogP contribution in [0.3, 0.4) is 0 Å². The molecule has 222 valence electrons. The topological polar surface area (TPSA) is 106 Å². The van der Waals surface area contributed by atoms with Crippen molar-refractivity contribution in [2.45, 2.75) is 71.5 Å². The van der Waals surface area contributed by atoms with Gasteiger partial charge in [-0.25, -0.2) is 0 Å². The zero-order chi connectivity index (χ0) is 30.0. The van der Waals surface area contributed by atoms with Crippen LogP contribution in [0.1, 0.15) is 58.1 Å². The number of rotatable bonds is 5. The predicted molar refractivity (Wildman–Crippen MR) is 164 cm³/mol. The number of H-pyrrole nitrogens is 1. The molecular weight excluding hydrogens is 598 g/mol. The number of aromatic nitrogens is 1. The summed E-state index contributed by atoms with van der Waals surface area (Å²) in [6, 6.07) is 4.83. The third-order valence-corrected chi connectivity index (χ3v) is 9.88. The number of aromatic amines is 1. The number of amides is 4. The van der Waals surface area contributed by atoms with Crippen LogP contribution < -0.4 is 5.32 Å². The number of nitrogens with zero attached hydrogens (tertiary/aromatic N) is 3. The van der Waals surface area contributed by atoms with Crippen LogP contribution in [-0.2, 0) is 25.6 Å². The van der Waals surface area contributed by atoms with Crippen LogP contribution in [0.15, 0.2) is 40.1 Å². The molecule has 4 aliphatic rings. The minimum absolute atomic E-state index is 0.0760. The van der Waals surface area contributed by atoms with E-state index in [2.05, 4.69) is 43.3 Å². The van der Waals surface area contributed by atoms with Crippen molar-refractivity contribution in [1.82, 2.24) is 25.0 Å². The maximum Gasteiger partial charge on any atom is 0.277 e. The van der Waals surface area contributed by atoms with E-state index >= 15 is 0 Å². The van der Waals surface area contributed by atoms with Crippen LogP contribution in [0, 0.1) is 11.8 Å². The van der Waals surface area contributed by atoms with Gasteiger partial charge in [0.05, 0.1) is 10.5 Å². The van der Waals surface area contributed by atoms with Gasteiger partial charge < -0.3 is 15.2 Å². The van der Waals surface area contributed by atoms with Crippen molar-refractivity contribution in [1.29, 1.82) is 0 Å². The fraction of sp³-hybridized carbons (Fsp3) is 0.500. The average Bonchev–Trinajstić information content (AvgIpc) is 3.56. The van der Waals surface area contributed by atoms with Gasteiger partial charge in [0, 0.05) is 30.0 Å². The first-order chi connectivity index (χ1) is 20.0. The molecular formula is C32H38BrN5O4. The van der Waals surface area contributed by atoms with E-state index in [1.54, 1.807) is 18.7 Å². The maximum atomic E-state index is 14.1. The highest BCUT2D eigenvalue weighted by atomic mass is 79.9. The molecule has 1 aromatic carbocycles. The lowest BCUT2D eigenvalue weighted by atomic mass is 9.80. The molecule has 10 heteroatoms. The van der Waals surface area contributed by atoms with E-state index < -0.39 is 23.9 Å². The largest absolute Gasteiger partial charge is 0.349 e. The molecule has 0 radical (unpaired) electrons.